The van der Waals surface area contributed by atoms with Crippen molar-refractivity contribution in [3.8, 4) is 5.75 Å². The van der Waals surface area contributed by atoms with Crippen molar-refractivity contribution in [3.63, 3.8) is 0 Å². The van der Waals surface area contributed by atoms with Gasteiger partial charge in [-0.25, -0.2) is 0 Å². The van der Waals surface area contributed by atoms with Gasteiger partial charge >= 0.3 is 0 Å². The second-order valence-electron chi connectivity index (χ2n) is 8.07. The van der Waals surface area contributed by atoms with Gasteiger partial charge < -0.3 is 10.4 Å². The highest BCUT2D eigenvalue weighted by Gasteiger charge is 2.52. The maximum atomic E-state index is 11.2. The van der Waals surface area contributed by atoms with Crippen molar-refractivity contribution in [3.05, 3.63) is 27.7 Å². The Kier molecular flexibility index (Phi) is 3.71. The minimum Gasteiger partial charge on any atom is -0.507 e. The highest BCUT2D eigenvalue weighted by molar-refractivity contribution is 9.10. The lowest BCUT2D eigenvalue weighted by Gasteiger charge is -2.57. The molecule has 4 fully saturated rings. The number of hydrogen-bond donors (Lipinski definition) is 2. The first kappa shape index (κ1) is 15.5. The van der Waals surface area contributed by atoms with Crippen molar-refractivity contribution in [1.29, 1.82) is 0 Å². The Balaban J connectivity index is 1.72. The molecule has 1 amide bonds. The highest BCUT2D eigenvalue weighted by atomic mass is 79.9. The molecule has 4 bridgehead atoms. The van der Waals surface area contributed by atoms with Crippen LogP contribution < -0.4 is 5.32 Å². The quantitative estimate of drug-likeness (QED) is 0.826. The number of carbonyl (C=O) groups excluding carboxylic acids is 1. The number of aromatic hydroxyl groups is 1. The number of phenolic OH excluding ortho intramolecular Hbond substituents is 1. The number of benzene rings is 1. The van der Waals surface area contributed by atoms with E-state index in [-0.39, 0.29) is 11.3 Å². The predicted molar refractivity (Wildman–Crippen MR) is 93.2 cm³/mol. The van der Waals surface area contributed by atoms with Gasteiger partial charge in [0.1, 0.15) is 5.75 Å². The van der Waals surface area contributed by atoms with Crippen molar-refractivity contribution >= 4 is 21.8 Å². The number of nitrogens with one attached hydrogen (secondary N) is 1. The van der Waals surface area contributed by atoms with Crippen LogP contribution in [0.3, 0.4) is 0 Å². The third-order valence-corrected chi connectivity index (χ3v) is 6.75. The molecule has 3 nitrogen and oxygen atoms in total. The fourth-order valence-electron chi connectivity index (χ4n) is 5.85. The van der Waals surface area contributed by atoms with E-state index >= 15 is 0 Å². The molecule has 4 aliphatic rings. The molecule has 1 aromatic rings. The molecule has 5 rings (SSSR count). The van der Waals surface area contributed by atoms with Crippen LogP contribution >= 0.6 is 15.9 Å². The summed E-state index contributed by atoms with van der Waals surface area (Å²) in [4.78, 5) is 11.2. The Bertz CT molecular complexity index is 620. The average molecular weight is 378 g/mol. The molecule has 4 aliphatic carbocycles. The third-order valence-electron chi connectivity index (χ3n) is 6.29. The Morgan fingerprint density at radius 1 is 1.22 bits per heavy atom. The molecular weight excluding hydrogens is 354 g/mol. The first-order valence-corrected chi connectivity index (χ1v) is 9.51. The van der Waals surface area contributed by atoms with E-state index in [4.69, 9.17) is 0 Å². The molecule has 0 unspecified atom stereocenters. The Hall–Kier alpha value is -1.03. The maximum absolute atomic E-state index is 11.2. The summed E-state index contributed by atoms with van der Waals surface area (Å²) in [6.45, 7) is 1.90. The molecule has 0 atom stereocenters. The molecule has 0 aliphatic heterocycles. The van der Waals surface area contributed by atoms with E-state index < -0.39 is 0 Å². The summed E-state index contributed by atoms with van der Waals surface area (Å²) >= 11 is 3.61. The molecule has 4 saturated carbocycles. The maximum Gasteiger partial charge on any atom is 0.217 e. The SMILES string of the molecule is CC(=O)NCc1cc(Br)cc(C23CC4CC(CC(C4)C2)C3)c1O. The van der Waals surface area contributed by atoms with Crippen molar-refractivity contribution in [2.45, 2.75) is 57.4 Å². The van der Waals surface area contributed by atoms with Gasteiger partial charge in [-0.1, -0.05) is 15.9 Å². The fourth-order valence-corrected chi connectivity index (χ4v) is 6.36. The van der Waals surface area contributed by atoms with Crippen LogP contribution in [0.15, 0.2) is 16.6 Å². The van der Waals surface area contributed by atoms with E-state index in [1.165, 1.54) is 45.4 Å². The third kappa shape index (κ3) is 2.69. The van der Waals surface area contributed by atoms with Gasteiger partial charge in [0.2, 0.25) is 5.91 Å². The Labute approximate surface area is 146 Å². The molecule has 0 saturated heterocycles. The minimum atomic E-state index is -0.0688. The van der Waals surface area contributed by atoms with Gasteiger partial charge in [0.15, 0.2) is 0 Å². The average Bonchev–Trinajstić information content (AvgIpc) is 2.46. The smallest absolute Gasteiger partial charge is 0.217 e. The number of phenols is 1. The van der Waals surface area contributed by atoms with Crippen molar-refractivity contribution in [1.82, 2.24) is 5.32 Å². The molecule has 2 N–H and O–H groups in total. The van der Waals surface area contributed by atoms with Gasteiger partial charge in [-0.3, -0.25) is 4.79 Å². The van der Waals surface area contributed by atoms with Gasteiger partial charge in [0.05, 0.1) is 0 Å². The van der Waals surface area contributed by atoms with Crippen molar-refractivity contribution < 1.29 is 9.90 Å². The molecule has 0 heterocycles. The largest absolute Gasteiger partial charge is 0.507 e. The predicted octanol–water partition coefficient (Wildman–Crippen LogP) is 4.26. The van der Waals surface area contributed by atoms with Crippen LogP contribution in [0.25, 0.3) is 0 Å². The molecule has 124 valence electrons. The Morgan fingerprint density at radius 3 is 2.30 bits per heavy atom. The van der Waals surface area contributed by atoms with Crippen molar-refractivity contribution in [2.24, 2.45) is 17.8 Å². The topological polar surface area (TPSA) is 49.3 Å². The monoisotopic (exact) mass is 377 g/mol. The second-order valence-corrected chi connectivity index (χ2v) is 8.98. The lowest BCUT2D eigenvalue weighted by atomic mass is 9.48. The van der Waals surface area contributed by atoms with Crippen LogP contribution in [0, 0.1) is 17.8 Å². The number of amides is 1. The zero-order valence-electron chi connectivity index (χ0n) is 13.6. The van der Waals surface area contributed by atoms with E-state index in [0.717, 1.165) is 33.4 Å². The van der Waals surface area contributed by atoms with Crippen LogP contribution in [0.5, 0.6) is 5.75 Å². The molecule has 0 radical (unpaired) electrons. The van der Waals surface area contributed by atoms with E-state index in [9.17, 15) is 9.90 Å². The highest BCUT2D eigenvalue weighted by Crippen LogP contribution is 2.62. The summed E-state index contributed by atoms with van der Waals surface area (Å²) in [5, 5.41) is 13.7. The summed E-state index contributed by atoms with van der Waals surface area (Å²) < 4.78 is 1.00. The van der Waals surface area contributed by atoms with Gasteiger partial charge in [0.25, 0.3) is 0 Å². The molecule has 0 spiro atoms. The van der Waals surface area contributed by atoms with Crippen LogP contribution in [-0.2, 0) is 16.8 Å². The van der Waals surface area contributed by atoms with E-state index in [2.05, 4.69) is 27.3 Å². The number of rotatable bonds is 3. The van der Waals surface area contributed by atoms with Crippen LogP contribution in [0.2, 0.25) is 0 Å². The number of carbonyl (C=O) groups is 1. The van der Waals surface area contributed by atoms with Gasteiger partial charge in [0, 0.05) is 29.1 Å². The molecule has 0 aromatic heterocycles. The molecule has 1 aromatic carbocycles. The zero-order chi connectivity index (χ0) is 16.2. The van der Waals surface area contributed by atoms with Crippen molar-refractivity contribution in [2.75, 3.05) is 0 Å². The summed E-state index contributed by atoms with van der Waals surface area (Å²) in [5.41, 5.74) is 2.10. The van der Waals surface area contributed by atoms with Crippen LogP contribution in [0.4, 0.5) is 0 Å². The molecular formula is C19H24BrNO2. The van der Waals surface area contributed by atoms with Gasteiger partial charge in [-0.2, -0.15) is 0 Å². The second kappa shape index (κ2) is 5.51. The first-order chi connectivity index (χ1) is 10.9. The summed E-state index contributed by atoms with van der Waals surface area (Å²) in [5.74, 6) is 2.87. The first-order valence-electron chi connectivity index (χ1n) is 8.71. The van der Waals surface area contributed by atoms with E-state index in [1.54, 1.807) is 0 Å². The standard InChI is InChI=1S/C19H24BrNO2/c1-11(22)21-10-15-5-16(20)6-17(18(15)23)19-7-12-2-13(8-19)4-14(3-12)9-19/h5-6,12-14,23H,2-4,7-10H2,1H3,(H,21,22). The van der Waals surface area contributed by atoms with Crippen LogP contribution in [-0.4, -0.2) is 11.0 Å². The Morgan fingerprint density at radius 2 is 1.78 bits per heavy atom. The van der Waals surface area contributed by atoms with E-state index in [1.807, 2.05) is 6.07 Å². The summed E-state index contributed by atoms with van der Waals surface area (Å²) in [6, 6.07) is 4.05. The summed E-state index contributed by atoms with van der Waals surface area (Å²) in [6.07, 6.45) is 7.86. The van der Waals surface area contributed by atoms with Crippen LogP contribution in [0.1, 0.15) is 56.6 Å². The lowest BCUT2D eigenvalue weighted by Crippen LogP contribution is -2.48. The zero-order valence-corrected chi connectivity index (χ0v) is 15.2. The fraction of sp³-hybridized carbons (Fsp3) is 0.632. The minimum absolute atomic E-state index is 0.0688. The van der Waals surface area contributed by atoms with Gasteiger partial charge in [-0.05, 0) is 73.8 Å². The van der Waals surface area contributed by atoms with Gasteiger partial charge in [-0.15, -0.1) is 0 Å². The van der Waals surface area contributed by atoms with E-state index in [0.29, 0.717) is 12.3 Å². The normalized spacial score (nSPS) is 34.6. The molecule has 23 heavy (non-hydrogen) atoms. The summed E-state index contributed by atoms with van der Waals surface area (Å²) in [7, 11) is 0. The molecule has 4 heteroatoms. The number of hydrogen-bond acceptors (Lipinski definition) is 2. The lowest BCUT2D eigenvalue weighted by molar-refractivity contribution is -0.119. The number of halogens is 1.